The van der Waals surface area contributed by atoms with Crippen molar-refractivity contribution < 1.29 is 19.4 Å². The van der Waals surface area contributed by atoms with Crippen molar-refractivity contribution in [1.29, 1.82) is 0 Å². The van der Waals surface area contributed by atoms with Crippen LogP contribution in [-0.2, 0) is 14.3 Å². The molecule has 3 heterocycles. The number of hydrogen-bond acceptors (Lipinski definition) is 8. The van der Waals surface area contributed by atoms with E-state index in [1.165, 1.54) is 7.11 Å². The van der Waals surface area contributed by atoms with E-state index in [4.69, 9.17) is 9.47 Å². The fourth-order valence-corrected chi connectivity index (χ4v) is 6.54. The number of methoxy groups -OCH3 is 1. The third-order valence-electron chi connectivity index (χ3n) is 5.82. The minimum atomic E-state index is -0.963. The Labute approximate surface area is 211 Å². The van der Waals surface area contributed by atoms with Crippen molar-refractivity contribution in [1.82, 2.24) is 4.98 Å². The molecular formula is C25H25N3O5S2. The lowest BCUT2D eigenvalue weighted by Crippen LogP contribution is -2.36. The molecule has 1 atom stereocenters. The van der Waals surface area contributed by atoms with E-state index >= 15 is 0 Å². The number of anilines is 2. The summed E-state index contributed by atoms with van der Waals surface area (Å²) < 4.78 is 10.5. The van der Waals surface area contributed by atoms with Gasteiger partial charge in [0.05, 0.1) is 25.5 Å². The number of fused-ring (bicyclic) bond motifs is 2. The summed E-state index contributed by atoms with van der Waals surface area (Å²) in [5, 5.41) is 12.4. The first-order chi connectivity index (χ1) is 17.0. The van der Waals surface area contributed by atoms with E-state index in [2.05, 4.69) is 21.3 Å². The average Bonchev–Trinajstić information content (AvgIpc) is 2.87. The van der Waals surface area contributed by atoms with Gasteiger partial charge in [0, 0.05) is 62.8 Å². The van der Waals surface area contributed by atoms with Gasteiger partial charge in [-0.2, -0.15) is 0 Å². The molecule has 1 aromatic heterocycles. The lowest BCUT2D eigenvalue weighted by Gasteiger charge is -2.29. The van der Waals surface area contributed by atoms with Gasteiger partial charge in [-0.25, -0.2) is 4.79 Å². The molecule has 0 radical (unpaired) electrons. The number of hydrogen-bond donors (Lipinski definition) is 3. The number of ether oxygens (including phenoxy) is 2. The van der Waals surface area contributed by atoms with Crippen LogP contribution in [0.15, 0.2) is 72.9 Å². The van der Waals surface area contributed by atoms with Crippen molar-refractivity contribution in [3.8, 4) is 11.3 Å². The Bertz CT molecular complexity index is 1310. The molecule has 0 saturated carbocycles. The highest BCUT2D eigenvalue weighted by Crippen LogP contribution is 2.52. The molecule has 0 spiro atoms. The highest BCUT2D eigenvalue weighted by Gasteiger charge is 2.23. The minimum absolute atomic E-state index is 0.0717. The zero-order valence-electron chi connectivity index (χ0n) is 19.1. The van der Waals surface area contributed by atoms with Crippen LogP contribution in [0.2, 0.25) is 0 Å². The van der Waals surface area contributed by atoms with Crippen molar-refractivity contribution in [2.75, 3.05) is 50.2 Å². The Morgan fingerprint density at radius 1 is 1.14 bits per heavy atom. The molecule has 0 amide bonds. The highest BCUT2D eigenvalue weighted by molar-refractivity contribution is 8.05. The number of carboxylic acids is 1. The van der Waals surface area contributed by atoms with Gasteiger partial charge in [-0.15, -0.1) is 0 Å². The number of aromatic amines is 1. The van der Waals surface area contributed by atoms with E-state index in [1.807, 2.05) is 36.4 Å². The molecule has 3 aromatic rings. The molecule has 8 nitrogen and oxygen atoms in total. The smallest absolute Gasteiger partial charge is 0.328 e. The molecule has 2 aliphatic heterocycles. The maximum absolute atomic E-state index is 12.5. The summed E-state index contributed by atoms with van der Waals surface area (Å²) in [5.74, 6) is -0.963. The van der Waals surface area contributed by atoms with Crippen LogP contribution in [0.3, 0.4) is 0 Å². The van der Waals surface area contributed by atoms with Crippen LogP contribution < -0.4 is 15.8 Å². The lowest BCUT2D eigenvalue weighted by molar-refractivity contribution is -0.139. The van der Waals surface area contributed by atoms with Gasteiger partial charge in [-0.05, 0) is 30.3 Å². The Hall–Kier alpha value is -2.92. The van der Waals surface area contributed by atoms with Crippen LogP contribution in [0.4, 0.5) is 11.4 Å². The number of rotatable bonds is 7. The molecule has 182 valence electrons. The van der Waals surface area contributed by atoms with E-state index in [1.54, 1.807) is 29.6 Å². The summed E-state index contributed by atoms with van der Waals surface area (Å²) in [7, 11) is 1.48. The number of carboxylic acid groups (broad SMARTS) is 1. The predicted octanol–water partition coefficient (Wildman–Crippen LogP) is 4.01. The molecule has 0 aliphatic carbocycles. The molecule has 3 N–H and O–H groups in total. The first kappa shape index (κ1) is 23.8. The predicted molar refractivity (Wildman–Crippen MR) is 137 cm³/mol. The van der Waals surface area contributed by atoms with Crippen LogP contribution in [0, 0.1) is 0 Å². The Morgan fingerprint density at radius 2 is 1.97 bits per heavy atom. The number of aromatic nitrogens is 1. The van der Waals surface area contributed by atoms with Gasteiger partial charge < -0.3 is 29.8 Å². The number of aliphatic carboxylic acids is 1. The van der Waals surface area contributed by atoms with Gasteiger partial charge in [0.15, 0.2) is 0 Å². The van der Waals surface area contributed by atoms with Gasteiger partial charge in [0.2, 0.25) is 5.56 Å². The van der Waals surface area contributed by atoms with Crippen LogP contribution in [-0.4, -0.2) is 62.1 Å². The number of morpholine rings is 1. The zero-order chi connectivity index (χ0) is 24.4. The second-order valence-electron chi connectivity index (χ2n) is 8.20. The van der Waals surface area contributed by atoms with E-state index < -0.39 is 12.0 Å². The second kappa shape index (κ2) is 10.4. The molecule has 35 heavy (non-hydrogen) atoms. The Kier molecular flexibility index (Phi) is 7.05. The van der Waals surface area contributed by atoms with Crippen molar-refractivity contribution in [3.63, 3.8) is 0 Å². The fourth-order valence-electron chi connectivity index (χ4n) is 4.12. The van der Waals surface area contributed by atoms with Gasteiger partial charge >= 0.3 is 5.97 Å². The molecule has 5 rings (SSSR count). The largest absolute Gasteiger partial charge is 0.480 e. The minimum Gasteiger partial charge on any atom is -0.480 e. The Morgan fingerprint density at radius 3 is 2.74 bits per heavy atom. The monoisotopic (exact) mass is 511 g/mol. The molecule has 10 heteroatoms. The summed E-state index contributed by atoms with van der Waals surface area (Å²) >= 11 is 3.28. The molecule has 2 aromatic carbocycles. The topological polar surface area (TPSA) is 104 Å². The van der Waals surface area contributed by atoms with Gasteiger partial charge in [-0.3, -0.25) is 4.79 Å². The summed E-state index contributed by atoms with van der Waals surface area (Å²) in [6, 6.07) is 14.8. The van der Waals surface area contributed by atoms with Gasteiger partial charge in [0.25, 0.3) is 0 Å². The van der Waals surface area contributed by atoms with Crippen molar-refractivity contribution in [2.24, 2.45) is 0 Å². The molecular weight excluding hydrogens is 486 g/mol. The number of H-pyrrole nitrogens is 1. The number of benzene rings is 2. The van der Waals surface area contributed by atoms with Crippen LogP contribution in [0.25, 0.3) is 11.3 Å². The van der Waals surface area contributed by atoms with E-state index in [-0.39, 0.29) is 12.2 Å². The molecule has 2 aliphatic rings. The van der Waals surface area contributed by atoms with Crippen molar-refractivity contribution in [2.45, 2.75) is 25.6 Å². The molecule has 0 unspecified atom stereocenters. The van der Waals surface area contributed by atoms with E-state index in [0.717, 1.165) is 55.3 Å². The van der Waals surface area contributed by atoms with Crippen molar-refractivity contribution in [3.05, 3.63) is 58.9 Å². The third-order valence-corrected chi connectivity index (χ3v) is 8.42. The summed E-state index contributed by atoms with van der Waals surface area (Å²) in [6.07, 6.45) is 0. The summed E-state index contributed by atoms with van der Waals surface area (Å²) in [5.41, 5.74) is 3.26. The first-order valence-electron chi connectivity index (χ1n) is 11.2. The summed E-state index contributed by atoms with van der Waals surface area (Å²) in [4.78, 5) is 33.5. The van der Waals surface area contributed by atoms with Gasteiger partial charge in [-0.1, -0.05) is 35.7 Å². The van der Waals surface area contributed by atoms with Gasteiger partial charge in [0.1, 0.15) is 6.04 Å². The SMILES string of the molecule is COC[C@@H](Nc1ccc2c(c1)Sc1cccc(-c3cc(N4CCOCC4)cc(=O)[nH]3)c1S2)C(=O)O. The number of carbonyl (C=O) groups is 1. The maximum atomic E-state index is 12.5. The molecule has 1 fully saturated rings. The fraction of sp³-hybridized carbons (Fsp3) is 0.280. The zero-order valence-corrected chi connectivity index (χ0v) is 20.7. The quantitative estimate of drug-likeness (QED) is 0.340. The van der Waals surface area contributed by atoms with E-state index in [9.17, 15) is 14.7 Å². The van der Waals surface area contributed by atoms with E-state index in [0.29, 0.717) is 13.2 Å². The average molecular weight is 512 g/mol. The molecule has 0 bridgehead atoms. The number of nitrogens with one attached hydrogen (secondary N) is 2. The number of nitrogens with zero attached hydrogens (tertiary/aromatic N) is 1. The third kappa shape index (κ3) is 5.20. The standard InChI is InChI=1S/C25H25N3O5S2/c1-32-14-19(25(30)31)26-15-5-6-20-22(11-15)34-21-4-2-3-17(24(21)35-20)18-12-16(13-23(29)27-18)28-7-9-33-10-8-28/h2-6,11-13,19,26H,7-10,14H2,1H3,(H,27,29)(H,30,31)/t19-/m1/s1. The molecule has 1 saturated heterocycles. The normalized spacial score (nSPS) is 15.7. The number of pyridine rings is 1. The first-order valence-corrected chi connectivity index (χ1v) is 12.8. The lowest BCUT2D eigenvalue weighted by atomic mass is 10.1. The van der Waals surface area contributed by atoms with Crippen molar-refractivity contribution >= 4 is 40.9 Å². The highest BCUT2D eigenvalue weighted by atomic mass is 32.2. The Balaban J connectivity index is 1.44. The van der Waals surface area contributed by atoms with Crippen LogP contribution >= 0.6 is 23.5 Å². The summed E-state index contributed by atoms with van der Waals surface area (Å²) in [6.45, 7) is 2.90. The maximum Gasteiger partial charge on any atom is 0.328 e. The van der Waals surface area contributed by atoms with Crippen LogP contribution in [0.1, 0.15) is 0 Å². The van der Waals surface area contributed by atoms with Crippen LogP contribution in [0.5, 0.6) is 0 Å². The second-order valence-corrected chi connectivity index (χ2v) is 10.3.